The molecule has 0 fully saturated rings. The lowest BCUT2D eigenvalue weighted by molar-refractivity contribution is -0.137. The van der Waals surface area contributed by atoms with E-state index in [4.69, 9.17) is 5.11 Å². The third-order valence-electron chi connectivity index (χ3n) is 5.64. The van der Waals surface area contributed by atoms with Crippen molar-refractivity contribution in [3.05, 3.63) is 59.7 Å². The van der Waals surface area contributed by atoms with Crippen LogP contribution in [0.15, 0.2) is 48.5 Å². The molecule has 0 aliphatic rings. The van der Waals surface area contributed by atoms with E-state index in [9.17, 15) is 4.79 Å². The molecular formula is C27H38O2. The first-order valence-electron chi connectivity index (χ1n) is 11.4. The van der Waals surface area contributed by atoms with Crippen LogP contribution in [0.5, 0.6) is 0 Å². The Morgan fingerprint density at radius 2 is 1.41 bits per heavy atom. The number of carboxylic acid groups (broad SMARTS) is 1. The van der Waals surface area contributed by atoms with Gasteiger partial charge in [0.15, 0.2) is 0 Å². The molecule has 0 bridgehead atoms. The van der Waals surface area contributed by atoms with Gasteiger partial charge in [-0.25, -0.2) is 0 Å². The Hall–Kier alpha value is -2.09. The van der Waals surface area contributed by atoms with Crippen LogP contribution in [0.25, 0.3) is 11.1 Å². The van der Waals surface area contributed by atoms with Crippen LogP contribution >= 0.6 is 0 Å². The van der Waals surface area contributed by atoms with Crippen LogP contribution in [-0.4, -0.2) is 11.1 Å². The van der Waals surface area contributed by atoms with Crippen molar-refractivity contribution in [2.24, 2.45) is 5.92 Å². The fourth-order valence-corrected chi connectivity index (χ4v) is 4.10. The summed E-state index contributed by atoms with van der Waals surface area (Å²) in [5.41, 5.74) is 5.42. The van der Waals surface area contributed by atoms with Crippen molar-refractivity contribution in [1.29, 1.82) is 0 Å². The molecule has 1 atom stereocenters. The quantitative estimate of drug-likeness (QED) is 0.351. The highest BCUT2D eigenvalue weighted by Gasteiger charge is 2.11. The van der Waals surface area contributed by atoms with Crippen LogP contribution in [0.2, 0.25) is 0 Å². The second-order valence-electron chi connectivity index (χ2n) is 8.75. The van der Waals surface area contributed by atoms with Gasteiger partial charge in [-0.2, -0.15) is 0 Å². The van der Waals surface area contributed by atoms with Crippen molar-refractivity contribution in [2.75, 3.05) is 0 Å². The predicted molar refractivity (Wildman–Crippen MR) is 123 cm³/mol. The van der Waals surface area contributed by atoms with Gasteiger partial charge in [-0.15, -0.1) is 0 Å². The van der Waals surface area contributed by atoms with Gasteiger partial charge in [0.25, 0.3) is 0 Å². The molecule has 29 heavy (non-hydrogen) atoms. The summed E-state index contributed by atoms with van der Waals surface area (Å²) in [5.74, 6) is 0.623. The van der Waals surface area contributed by atoms with Crippen molar-refractivity contribution >= 4 is 5.97 Å². The summed E-state index contributed by atoms with van der Waals surface area (Å²) in [6, 6.07) is 18.1. The molecule has 0 saturated heterocycles. The smallest absolute Gasteiger partial charge is 0.303 e. The maximum absolute atomic E-state index is 10.6. The minimum Gasteiger partial charge on any atom is -0.481 e. The summed E-state index contributed by atoms with van der Waals surface area (Å²) in [6.45, 7) is 6.78. The molecule has 2 nitrogen and oxygen atoms in total. The van der Waals surface area contributed by atoms with Gasteiger partial charge in [-0.1, -0.05) is 95.0 Å². The number of rotatable bonds is 13. The van der Waals surface area contributed by atoms with E-state index in [0.717, 1.165) is 25.7 Å². The summed E-state index contributed by atoms with van der Waals surface area (Å²) in [5, 5.41) is 8.73. The maximum atomic E-state index is 10.6. The Labute approximate surface area is 177 Å². The van der Waals surface area contributed by atoms with Gasteiger partial charge in [0.1, 0.15) is 0 Å². The average molecular weight is 395 g/mol. The zero-order chi connectivity index (χ0) is 21.1. The van der Waals surface area contributed by atoms with Crippen LogP contribution < -0.4 is 0 Å². The van der Waals surface area contributed by atoms with Crippen molar-refractivity contribution in [1.82, 2.24) is 0 Å². The fourth-order valence-electron chi connectivity index (χ4n) is 4.10. The number of aliphatic carboxylic acids is 1. The van der Waals surface area contributed by atoms with E-state index in [1.807, 2.05) is 0 Å². The van der Waals surface area contributed by atoms with E-state index in [1.165, 1.54) is 47.9 Å². The molecule has 0 heterocycles. The molecule has 158 valence electrons. The van der Waals surface area contributed by atoms with Crippen LogP contribution in [-0.2, 0) is 11.2 Å². The molecule has 2 rings (SSSR count). The van der Waals surface area contributed by atoms with Crippen molar-refractivity contribution < 1.29 is 9.90 Å². The molecule has 0 aromatic heterocycles. The zero-order valence-corrected chi connectivity index (χ0v) is 18.5. The molecule has 2 aromatic rings. The number of carboxylic acids is 1. The lowest BCUT2D eigenvalue weighted by Gasteiger charge is -2.17. The Kier molecular flexibility index (Phi) is 9.97. The maximum Gasteiger partial charge on any atom is 0.303 e. The van der Waals surface area contributed by atoms with E-state index in [1.54, 1.807) is 0 Å². The first kappa shape index (κ1) is 23.2. The molecule has 0 spiro atoms. The standard InChI is InChI=1S/C27H38O2/c1-4-9-23(10-7-5-6-8-11-27(28)29)25-16-18-26(19-17-25)24-14-12-22(13-15-24)20-21(2)3/h12-19,21,23H,4-11,20H2,1-3H3,(H,28,29). The monoisotopic (exact) mass is 394 g/mol. The SMILES string of the molecule is CCCC(CCCCCCC(=O)O)c1ccc(-c2ccc(CC(C)C)cc2)cc1. The summed E-state index contributed by atoms with van der Waals surface area (Å²) in [4.78, 5) is 10.6. The van der Waals surface area contributed by atoms with Gasteiger partial charge in [-0.05, 0) is 59.8 Å². The van der Waals surface area contributed by atoms with Crippen molar-refractivity contribution in [3.8, 4) is 11.1 Å². The third kappa shape index (κ3) is 8.43. The first-order chi connectivity index (χ1) is 14.0. The second-order valence-corrected chi connectivity index (χ2v) is 8.75. The molecule has 0 amide bonds. The summed E-state index contributed by atoms with van der Waals surface area (Å²) in [7, 11) is 0. The number of unbranched alkanes of at least 4 members (excludes halogenated alkanes) is 3. The van der Waals surface area contributed by atoms with Crippen molar-refractivity contribution in [3.63, 3.8) is 0 Å². The molecule has 2 aromatic carbocycles. The average Bonchev–Trinajstić information content (AvgIpc) is 2.70. The van der Waals surface area contributed by atoms with E-state index >= 15 is 0 Å². The first-order valence-corrected chi connectivity index (χ1v) is 11.4. The normalized spacial score (nSPS) is 12.3. The molecule has 0 aliphatic carbocycles. The highest BCUT2D eigenvalue weighted by atomic mass is 16.4. The Morgan fingerprint density at radius 3 is 1.97 bits per heavy atom. The molecule has 0 aliphatic heterocycles. The molecule has 1 unspecified atom stereocenters. The number of carbonyl (C=O) groups is 1. The van der Waals surface area contributed by atoms with Crippen LogP contribution in [0.4, 0.5) is 0 Å². The third-order valence-corrected chi connectivity index (χ3v) is 5.64. The number of benzene rings is 2. The van der Waals surface area contributed by atoms with Crippen LogP contribution in [0.1, 0.15) is 89.2 Å². The van der Waals surface area contributed by atoms with Crippen molar-refractivity contribution in [2.45, 2.75) is 84.5 Å². The Balaban J connectivity index is 1.92. The molecule has 1 N–H and O–H groups in total. The Bertz CT molecular complexity index is 713. The number of hydrogen-bond donors (Lipinski definition) is 1. The summed E-state index contributed by atoms with van der Waals surface area (Å²) in [6.07, 6.45) is 9.20. The second kappa shape index (κ2) is 12.5. The largest absolute Gasteiger partial charge is 0.481 e. The van der Waals surface area contributed by atoms with E-state index in [-0.39, 0.29) is 0 Å². The predicted octanol–water partition coefficient (Wildman–Crippen LogP) is 7.86. The van der Waals surface area contributed by atoms with E-state index in [0.29, 0.717) is 18.3 Å². The lowest BCUT2D eigenvalue weighted by Crippen LogP contribution is -1.99. The van der Waals surface area contributed by atoms with Gasteiger partial charge in [0, 0.05) is 6.42 Å². The van der Waals surface area contributed by atoms with Gasteiger partial charge < -0.3 is 5.11 Å². The molecule has 0 radical (unpaired) electrons. The van der Waals surface area contributed by atoms with Gasteiger partial charge in [-0.3, -0.25) is 4.79 Å². The van der Waals surface area contributed by atoms with E-state index in [2.05, 4.69) is 69.3 Å². The summed E-state index contributed by atoms with van der Waals surface area (Å²) < 4.78 is 0. The fraction of sp³-hybridized carbons (Fsp3) is 0.519. The number of hydrogen-bond acceptors (Lipinski definition) is 1. The highest BCUT2D eigenvalue weighted by molar-refractivity contribution is 5.66. The summed E-state index contributed by atoms with van der Waals surface area (Å²) >= 11 is 0. The zero-order valence-electron chi connectivity index (χ0n) is 18.5. The lowest BCUT2D eigenvalue weighted by atomic mass is 9.88. The van der Waals surface area contributed by atoms with Crippen LogP contribution in [0.3, 0.4) is 0 Å². The van der Waals surface area contributed by atoms with Gasteiger partial charge >= 0.3 is 5.97 Å². The minimum atomic E-state index is -0.677. The molecule has 0 saturated carbocycles. The topological polar surface area (TPSA) is 37.3 Å². The minimum absolute atomic E-state index is 0.304. The Morgan fingerprint density at radius 1 is 0.828 bits per heavy atom. The highest BCUT2D eigenvalue weighted by Crippen LogP contribution is 2.30. The van der Waals surface area contributed by atoms with Gasteiger partial charge in [0.2, 0.25) is 0 Å². The molecular weight excluding hydrogens is 356 g/mol. The van der Waals surface area contributed by atoms with Gasteiger partial charge in [0.05, 0.1) is 0 Å². The van der Waals surface area contributed by atoms with E-state index < -0.39 is 5.97 Å². The molecule has 2 heteroatoms. The van der Waals surface area contributed by atoms with Crippen LogP contribution in [0, 0.1) is 5.92 Å².